The summed E-state index contributed by atoms with van der Waals surface area (Å²) in [6, 6.07) is 14.4. The number of ether oxygens (including phenoxy) is 2. The van der Waals surface area contributed by atoms with Crippen LogP contribution in [0.4, 0.5) is 11.4 Å². The van der Waals surface area contributed by atoms with Crippen molar-refractivity contribution in [2.45, 2.75) is 45.3 Å². The van der Waals surface area contributed by atoms with E-state index in [2.05, 4.69) is 22.9 Å². The first-order chi connectivity index (χ1) is 15.0. The van der Waals surface area contributed by atoms with Crippen LogP contribution in [-0.2, 0) is 9.53 Å². The third-order valence-corrected chi connectivity index (χ3v) is 5.16. The summed E-state index contributed by atoms with van der Waals surface area (Å²) < 4.78 is 11.2. The minimum Gasteiger partial charge on any atom is -0.491 e. The molecule has 0 aliphatic carbocycles. The molecule has 31 heavy (non-hydrogen) atoms. The van der Waals surface area contributed by atoms with E-state index in [4.69, 9.17) is 9.47 Å². The summed E-state index contributed by atoms with van der Waals surface area (Å²) in [7, 11) is 0. The van der Waals surface area contributed by atoms with E-state index < -0.39 is 0 Å². The van der Waals surface area contributed by atoms with Crippen molar-refractivity contribution >= 4 is 23.2 Å². The van der Waals surface area contributed by atoms with Crippen LogP contribution in [0.5, 0.6) is 5.75 Å². The van der Waals surface area contributed by atoms with Crippen molar-refractivity contribution in [1.29, 1.82) is 0 Å². The third kappa shape index (κ3) is 7.29. The predicted octanol–water partition coefficient (Wildman–Crippen LogP) is 3.82. The molecule has 3 rings (SSSR count). The largest absolute Gasteiger partial charge is 0.491 e. The molecular weight excluding hydrogens is 394 g/mol. The Morgan fingerprint density at radius 1 is 1.10 bits per heavy atom. The maximum atomic E-state index is 12.2. The molecular formula is C24H31N3O4. The SMILES string of the molecule is CCC(C)Oc1ccc(NC(=O)CNc2ccc(C(=O)NCC3CCCO3)cc2)cc1. The summed E-state index contributed by atoms with van der Waals surface area (Å²) in [5.74, 6) is 0.500. The summed E-state index contributed by atoms with van der Waals surface area (Å²) in [6.07, 6.45) is 3.24. The van der Waals surface area contributed by atoms with Gasteiger partial charge in [-0.05, 0) is 74.7 Å². The van der Waals surface area contributed by atoms with Crippen LogP contribution in [0.3, 0.4) is 0 Å². The molecule has 2 aromatic rings. The van der Waals surface area contributed by atoms with Gasteiger partial charge in [0.15, 0.2) is 0 Å². The Balaban J connectivity index is 1.41. The van der Waals surface area contributed by atoms with Gasteiger partial charge in [-0.15, -0.1) is 0 Å². The molecule has 7 heteroatoms. The minimum atomic E-state index is -0.158. The third-order valence-electron chi connectivity index (χ3n) is 5.16. The Morgan fingerprint density at radius 2 is 1.81 bits per heavy atom. The molecule has 0 bridgehead atoms. The van der Waals surface area contributed by atoms with Crippen molar-refractivity contribution in [2.24, 2.45) is 0 Å². The molecule has 7 nitrogen and oxygen atoms in total. The van der Waals surface area contributed by atoms with Crippen LogP contribution in [0.2, 0.25) is 0 Å². The average Bonchev–Trinajstić information content (AvgIpc) is 3.31. The van der Waals surface area contributed by atoms with Crippen molar-refractivity contribution in [3.05, 3.63) is 54.1 Å². The van der Waals surface area contributed by atoms with Crippen LogP contribution < -0.4 is 20.7 Å². The highest BCUT2D eigenvalue weighted by molar-refractivity contribution is 5.95. The second-order valence-corrected chi connectivity index (χ2v) is 7.69. The average molecular weight is 426 g/mol. The smallest absolute Gasteiger partial charge is 0.251 e. The standard InChI is InChI=1S/C24H31N3O4/c1-3-17(2)31-21-12-10-20(11-13-21)27-23(28)16-25-19-8-6-18(7-9-19)24(29)26-15-22-5-4-14-30-22/h6-13,17,22,25H,3-5,14-16H2,1-2H3,(H,26,29)(H,27,28). The van der Waals surface area contributed by atoms with Crippen LogP contribution in [-0.4, -0.2) is 43.7 Å². The second kappa shape index (κ2) is 11.4. The quantitative estimate of drug-likeness (QED) is 0.539. The van der Waals surface area contributed by atoms with Gasteiger partial charge in [-0.1, -0.05) is 6.92 Å². The van der Waals surface area contributed by atoms with E-state index in [1.165, 1.54) is 0 Å². The lowest BCUT2D eigenvalue weighted by atomic mass is 10.2. The van der Waals surface area contributed by atoms with Crippen LogP contribution in [0.1, 0.15) is 43.5 Å². The van der Waals surface area contributed by atoms with Gasteiger partial charge in [0.25, 0.3) is 5.91 Å². The van der Waals surface area contributed by atoms with Gasteiger partial charge in [-0.2, -0.15) is 0 Å². The fourth-order valence-corrected chi connectivity index (χ4v) is 3.17. The van der Waals surface area contributed by atoms with Crippen molar-refractivity contribution in [1.82, 2.24) is 5.32 Å². The number of nitrogens with one attached hydrogen (secondary N) is 3. The molecule has 1 aliphatic heterocycles. The molecule has 2 amide bonds. The van der Waals surface area contributed by atoms with Crippen molar-refractivity contribution in [3.8, 4) is 5.75 Å². The number of hydrogen-bond acceptors (Lipinski definition) is 5. The predicted molar refractivity (Wildman–Crippen MR) is 122 cm³/mol. The van der Waals surface area contributed by atoms with Crippen LogP contribution in [0.15, 0.2) is 48.5 Å². The normalized spacial score (nSPS) is 16.4. The highest BCUT2D eigenvalue weighted by Crippen LogP contribution is 2.18. The van der Waals surface area contributed by atoms with Gasteiger partial charge in [-0.3, -0.25) is 9.59 Å². The molecule has 2 atom stereocenters. The van der Waals surface area contributed by atoms with E-state index in [0.29, 0.717) is 17.8 Å². The van der Waals surface area contributed by atoms with E-state index >= 15 is 0 Å². The lowest BCUT2D eigenvalue weighted by Crippen LogP contribution is -2.31. The first-order valence-corrected chi connectivity index (χ1v) is 10.8. The molecule has 2 aromatic carbocycles. The summed E-state index contributed by atoms with van der Waals surface area (Å²) >= 11 is 0. The maximum absolute atomic E-state index is 12.2. The van der Waals surface area contributed by atoms with Crippen molar-refractivity contribution in [2.75, 3.05) is 30.3 Å². The molecule has 0 saturated carbocycles. The van der Waals surface area contributed by atoms with Gasteiger partial charge in [0, 0.05) is 30.1 Å². The first kappa shape index (κ1) is 22.6. The van der Waals surface area contributed by atoms with Crippen LogP contribution >= 0.6 is 0 Å². The molecule has 1 aliphatic rings. The molecule has 166 valence electrons. The summed E-state index contributed by atoms with van der Waals surface area (Å²) in [5, 5.41) is 8.81. The summed E-state index contributed by atoms with van der Waals surface area (Å²) in [5.41, 5.74) is 2.05. The first-order valence-electron chi connectivity index (χ1n) is 10.8. The summed E-state index contributed by atoms with van der Waals surface area (Å²) in [4.78, 5) is 24.4. The molecule has 3 N–H and O–H groups in total. The minimum absolute atomic E-state index is 0.118. The lowest BCUT2D eigenvalue weighted by molar-refractivity contribution is -0.114. The van der Waals surface area contributed by atoms with Crippen LogP contribution in [0.25, 0.3) is 0 Å². The van der Waals surface area contributed by atoms with Gasteiger partial charge in [0.1, 0.15) is 5.75 Å². The Kier molecular flexibility index (Phi) is 8.29. The van der Waals surface area contributed by atoms with Crippen LogP contribution in [0, 0.1) is 0 Å². The molecule has 1 fully saturated rings. The number of anilines is 2. The fraction of sp³-hybridized carbons (Fsp3) is 0.417. The van der Waals surface area contributed by atoms with Gasteiger partial charge >= 0.3 is 0 Å². The zero-order valence-electron chi connectivity index (χ0n) is 18.1. The van der Waals surface area contributed by atoms with E-state index in [-0.39, 0.29) is 30.6 Å². The van der Waals surface area contributed by atoms with Gasteiger partial charge in [0.05, 0.1) is 18.8 Å². The monoisotopic (exact) mass is 425 g/mol. The fourth-order valence-electron chi connectivity index (χ4n) is 3.17. The zero-order valence-corrected chi connectivity index (χ0v) is 18.1. The van der Waals surface area contributed by atoms with E-state index in [1.807, 2.05) is 31.2 Å². The molecule has 0 radical (unpaired) electrons. The Bertz CT molecular complexity index is 846. The van der Waals surface area contributed by atoms with Gasteiger partial charge < -0.3 is 25.4 Å². The Morgan fingerprint density at radius 3 is 2.45 bits per heavy atom. The number of carbonyl (C=O) groups excluding carboxylic acids is 2. The lowest BCUT2D eigenvalue weighted by Gasteiger charge is -2.13. The van der Waals surface area contributed by atoms with E-state index in [9.17, 15) is 9.59 Å². The van der Waals surface area contributed by atoms with E-state index in [0.717, 1.165) is 37.3 Å². The number of carbonyl (C=O) groups is 2. The number of benzene rings is 2. The molecule has 1 saturated heterocycles. The highest BCUT2D eigenvalue weighted by atomic mass is 16.5. The molecule has 2 unspecified atom stereocenters. The van der Waals surface area contributed by atoms with Gasteiger partial charge in [-0.25, -0.2) is 0 Å². The topological polar surface area (TPSA) is 88.7 Å². The molecule has 0 aromatic heterocycles. The maximum Gasteiger partial charge on any atom is 0.251 e. The number of hydrogen-bond donors (Lipinski definition) is 3. The number of amides is 2. The van der Waals surface area contributed by atoms with Crippen molar-refractivity contribution in [3.63, 3.8) is 0 Å². The highest BCUT2D eigenvalue weighted by Gasteiger charge is 2.16. The summed E-state index contributed by atoms with van der Waals surface area (Å²) in [6.45, 7) is 5.51. The number of rotatable bonds is 10. The van der Waals surface area contributed by atoms with Crippen molar-refractivity contribution < 1.29 is 19.1 Å². The molecule has 1 heterocycles. The Hall–Kier alpha value is -3.06. The van der Waals surface area contributed by atoms with E-state index in [1.54, 1.807) is 24.3 Å². The zero-order chi connectivity index (χ0) is 22.1. The Labute approximate surface area is 183 Å². The molecule has 0 spiro atoms. The van der Waals surface area contributed by atoms with Gasteiger partial charge in [0.2, 0.25) is 5.91 Å². The second-order valence-electron chi connectivity index (χ2n) is 7.69.